The lowest BCUT2D eigenvalue weighted by Crippen LogP contribution is -2.56. The second kappa shape index (κ2) is 12.9. The zero-order valence-electron chi connectivity index (χ0n) is 24.3. The third kappa shape index (κ3) is 6.64. The van der Waals surface area contributed by atoms with Gasteiger partial charge in [0.2, 0.25) is 6.36 Å². The summed E-state index contributed by atoms with van der Waals surface area (Å²) < 4.78 is 19.0. The van der Waals surface area contributed by atoms with E-state index in [1.807, 2.05) is 54.3 Å². The van der Waals surface area contributed by atoms with Gasteiger partial charge in [0.25, 0.3) is 5.91 Å². The molecule has 0 spiro atoms. The molecule has 0 bridgehead atoms. The molecule has 2 saturated heterocycles. The zero-order valence-corrected chi connectivity index (χ0v) is 24.3. The average Bonchev–Trinajstić information content (AvgIpc) is 2.99. The molecule has 7 nitrogen and oxygen atoms in total. The Labute approximate surface area is 242 Å². The van der Waals surface area contributed by atoms with Crippen LogP contribution in [0.1, 0.15) is 46.8 Å². The van der Waals surface area contributed by atoms with Crippen LogP contribution in [-0.4, -0.2) is 72.6 Å². The maximum Gasteiger partial charge on any atom is 0.254 e. The number of halogens is 1. The highest BCUT2D eigenvalue weighted by molar-refractivity contribution is 5.96. The number of piperazine rings is 1. The monoisotopic (exact) mass is 560 g/mol. The molecule has 0 saturated carbocycles. The molecule has 3 heterocycles. The summed E-state index contributed by atoms with van der Waals surface area (Å²) in [7, 11) is 0. The summed E-state index contributed by atoms with van der Waals surface area (Å²) in [5.74, 6) is 1.94. The van der Waals surface area contributed by atoms with Crippen LogP contribution in [0.2, 0.25) is 0 Å². The van der Waals surface area contributed by atoms with Gasteiger partial charge in [0, 0.05) is 51.4 Å². The molecule has 2 aromatic carbocycles. The number of pyridine rings is 1. The molecule has 41 heavy (non-hydrogen) atoms. The Morgan fingerprint density at radius 3 is 2.51 bits per heavy atom. The molecule has 218 valence electrons. The van der Waals surface area contributed by atoms with Crippen molar-refractivity contribution in [3.63, 3.8) is 0 Å². The molecule has 0 aliphatic carbocycles. The first kappa shape index (κ1) is 28.9. The number of anilines is 2. The number of ether oxygens (including phenoxy) is 1. The molecule has 3 aromatic rings. The Hall–Kier alpha value is -3.65. The van der Waals surface area contributed by atoms with Crippen LogP contribution in [0.15, 0.2) is 60.8 Å². The predicted molar refractivity (Wildman–Crippen MR) is 161 cm³/mol. The van der Waals surface area contributed by atoms with E-state index >= 15 is 0 Å². The first-order valence-corrected chi connectivity index (χ1v) is 14.7. The van der Waals surface area contributed by atoms with Crippen LogP contribution in [-0.2, 0) is 6.42 Å². The Kier molecular flexibility index (Phi) is 9.08. The SMILES string of the molecule is Cc1cc(C)c(C(=O)N2CCN(c3ccccn3)[C@H](CO)C2)cc1CC1CCN(c2ccccc2OC(C)F)CC1. The lowest BCUT2D eigenvalue weighted by Gasteiger charge is -2.41. The Balaban J connectivity index is 1.24. The molecule has 8 heteroatoms. The van der Waals surface area contributed by atoms with E-state index in [0.717, 1.165) is 55.0 Å². The molecule has 5 rings (SSSR count). The molecule has 1 unspecified atom stereocenters. The van der Waals surface area contributed by atoms with Crippen LogP contribution in [0.25, 0.3) is 0 Å². The van der Waals surface area contributed by atoms with E-state index in [1.54, 1.807) is 6.20 Å². The number of hydrogen-bond donors (Lipinski definition) is 1. The van der Waals surface area contributed by atoms with Crippen molar-refractivity contribution in [3.05, 3.63) is 83.0 Å². The Bertz CT molecular complexity index is 1330. The van der Waals surface area contributed by atoms with E-state index < -0.39 is 6.36 Å². The van der Waals surface area contributed by atoms with E-state index in [1.165, 1.54) is 18.1 Å². The maximum atomic E-state index is 13.8. The molecule has 2 atom stereocenters. The summed E-state index contributed by atoms with van der Waals surface area (Å²) in [6, 6.07) is 17.5. The van der Waals surface area contributed by atoms with Gasteiger partial charge in [-0.1, -0.05) is 24.3 Å². The van der Waals surface area contributed by atoms with E-state index in [4.69, 9.17) is 4.74 Å². The summed E-state index contributed by atoms with van der Waals surface area (Å²) in [4.78, 5) is 24.4. The quantitative estimate of drug-likeness (QED) is 0.410. The third-order valence-electron chi connectivity index (χ3n) is 8.46. The fourth-order valence-electron chi connectivity index (χ4n) is 6.22. The summed E-state index contributed by atoms with van der Waals surface area (Å²) in [5.41, 5.74) is 5.11. The predicted octanol–water partition coefficient (Wildman–Crippen LogP) is 5.18. The fraction of sp³-hybridized carbons (Fsp3) is 0.455. The molecular formula is C33H41FN4O3. The highest BCUT2D eigenvalue weighted by atomic mass is 19.1. The van der Waals surface area contributed by atoms with Gasteiger partial charge in [0.15, 0.2) is 0 Å². The number of aliphatic hydroxyl groups excluding tert-OH is 1. The Morgan fingerprint density at radius 2 is 1.80 bits per heavy atom. The molecule has 2 aliphatic rings. The van der Waals surface area contributed by atoms with Crippen LogP contribution < -0.4 is 14.5 Å². The summed E-state index contributed by atoms with van der Waals surface area (Å²) in [6.07, 6.45) is 3.36. The highest BCUT2D eigenvalue weighted by Crippen LogP contribution is 2.34. The zero-order chi connectivity index (χ0) is 28.9. The second-order valence-electron chi connectivity index (χ2n) is 11.3. The number of amides is 1. The number of nitrogens with zero attached hydrogens (tertiary/aromatic N) is 4. The van der Waals surface area contributed by atoms with Crippen molar-refractivity contribution in [3.8, 4) is 5.75 Å². The fourth-order valence-corrected chi connectivity index (χ4v) is 6.22. The molecule has 1 N–H and O–H groups in total. The van der Waals surface area contributed by atoms with Gasteiger partial charge >= 0.3 is 0 Å². The Morgan fingerprint density at radius 1 is 1.05 bits per heavy atom. The van der Waals surface area contributed by atoms with Gasteiger partial charge < -0.3 is 24.5 Å². The minimum Gasteiger partial charge on any atom is -0.459 e. The van der Waals surface area contributed by atoms with Crippen molar-refractivity contribution in [2.75, 3.05) is 49.1 Å². The molecule has 1 amide bonds. The average molecular weight is 561 g/mol. The molecule has 2 fully saturated rings. The van der Waals surface area contributed by atoms with Gasteiger partial charge in [-0.3, -0.25) is 4.79 Å². The van der Waals surface area contributed by atoms with E-state index in [2.05, 4.69) is 33.8 Å². The van der Waals surface area contributed by atoms with E-state index in [-0.39, 0.29) is 18.6 Å². The molecular weight excluding hydrogens is 519 g/mol. The van der Waals surface area contributed by atoms with Crippen molar-refractivity contribution in [1.82, 2.24) is 9.88 Å². The van der Waals surface area contributed by atoms with Crippen molar-refractivity contribution >= 4 is 17.4 Å². The highest BCUT2D eigenvalue weighted by Gasteiger charge is 2.31. The van der Waals surface area contributed by atoms with E-state index in [0.29, 0.717) is 31.3 Å². The lowest BCUT2D eigenvalue weighted by atomic mass is 9.86. The standard InChI is InChI=1S/C33H41FN4O3/c1-23-18-24(2)29(33(40)37-16-17-38(28(21-37)22-39)32-10-6-7-13-35-32)20-27(23)19-26-11-14-36(15-12-26)30-8-4-5-9-31(30)41-25(3)34/h4-10,13,18,20,25-26,28,39H,11-12,14-17,19,21-22H2,1-3H3/t25?,28-/m0/s1. The minimum absolute atomic E-state index is 0.0244. The van der Waals surface area contributed by atoms with Crippen molar-refractivity contribution in [2.45, 2.75) is 52.4 Å². The molecule has 1 aromatic heterocycles. The number of piperidine rings is 1. The number of para-hydroxylation sites is 2. The van der Waals surface area contributed by atoms with Crippen molar-refractivity contribution in [2.24, 2.45) is 5.92 Å². The number of rotatable bonds is 8. The number of aryl methyl sites for hydroxylation is 2. The number of benzene rings is 2. The number of aromatic nitrogens is 1. The van der Waals surface area contributed by atoms with Gasteiger partial charge in [-0.2, -0.15) is 0 Å². The van der Waals surface area contributed by atoms with Crippen LogP contribution in [0.5, 0.6) is 5.75 Å². The summed E-state index contributed by atoms with van der Waals surface area (Å²) >= 11 is 0. The van der Waals surface area contributed by atoms with Crippen molar-refractivity contribution < 1.29 is 19.0 Å². The lowest BCUT2D eigenvalue weighted by molar-refractivity contribution is 0.0697. The number of aliphatic hydroxyl groups is 1. The van der Waals surface area contributed by atoms with Crippen LogP contribution in [0.3, 0.4) is 0 Å². The van der Waals surface area contributed by atoms with Gasteiger partial charge in [0.1, 0.15) is 11.6 Å². The van der Waals surface area contributed by atoms with Gasteiger partial charge in [-0.05, 0) is 86.1 Å². The molecule has 2 aliphatic heterocycles. The number of hydrogen-bond acceptors (Lipinski definition) is 6. The first-order valence-electron chi connectivity index (χ1n) is 14.7. The topological polar surface area (TPSA) is 69.1 Å². The number of carbonyl (C=O) groups is 1. The van der Waals surface area contributed by atoms with Gasteiger partial charge in [-0.15, -0.1) is 0 Å². The van der Waals surface area contributed by atoms with Crippen LogP contribution in [0, 0.1) is 19.8 Å². The van der Waals surface area contributed by atoms with Gasteiger partial charge in [0.05, 0.1) is 18.3 Å². The normalized spacial score (nSPS) is 18.9. The summed E-state index contributed by atoms with van der Waals surface area (Å²) in [5, 5.41) is 10.1. The smallest absolute Gasteiger partial charge is 0.254 e. The van der Waals surface area contributed by atoms with Gasteiger partial charge in [-0.25, -0.2) is 9.37 Å². The number of alkyl halides is 1. The molecule has 0 radical (unpaired) electrons. The maximum absolute atomic E-state index is 13.8. The van der Waals surface area contributed by atoms with Crippen molar-refractivity contribution in [1.29, 1.82) is 0 Å². The van der Waals surface area contributed by atoms with Crippen LogP contribution in [0.4, 0.5) is 15.9 Å². The third-order valence-corrected chi connectivity index (χ3v) is 8.46. The second-order valence-corrected chi connectivity index (χ2v) is 11.3. The minimum atomic E-state index is -1.35. The van der Waals surface area contributed by atoms with E-state index in [9.17, 15) is 14.3 Å². The summed E-state index contributed by atoms with van der Waals surface area (Å²) in [6.45, 7) is 8.93. The first-order chi connectivity index (χ1) is 19.8. The van der Waals surface area contributed by atoms with Crippen LogP contribution >= 0.6 is 0 Å². The largest absolute Gasteiger partial charge is 0.459 e. The number of carbonyl (C=O) groups excluding carboxylic acids is 1.